The molecule has 1 heterocycles. The predicted molar refractivity (Wildman–Crippen MR) is 103 cm³/mol. The Bertz CT molecular complexity index is 983. The lowest BCUT2D eigenvalue weighted by molar-refractivity contribution is -0.143. The summed E-state index contributed by atoms with van der Waals surface area (Å²) in [4.78, 5) is 26.9. The van der Waals surface area contributed by atoms with Gasteiger partial charge in [-0.1, -0.05) is 6.07 Å². The molecular formula is C21H21N3O5. The number of phenolic OH excluding ortho intramolecular Hbond substituents is 1. The number of nitrogens with zero attached hydrogens (tertiary/aromatic N) is 2. The molecular weight excluding hydrogens is 374 g/mol. The Morgan fingerprint density at radius 1 is 1.34 bits per heavy atom. The lowest BCUT2D eigenvalue weighted by atomic mass is 10.1. The molecule has 150 valence electrons. The van der Waals surface area contributed by atoms with E-state index < -0.39 is 12.1 Å². The van der Waals surface area contributed by atoms with Gasteiger partial charge in [0.1, 0.15) is 11.5 Å². The number of phenols is 1. The van der Waals surface area contributed by atoms with E-state index in [2.05, 4.69) is 5.32 Å². The van der Waals surface area contributed by atoms with Gasteiger partial charge in [-0.25, -0.2) is 0 Å². The minimum absolute atomic E-state index is 0.0305. The number of aromatic hydroxyl groups is 1. The van der Waals surface area contributed by atoms with Crippen molar-refractivity contribution >= 4 is 11.8 Å². The maximum atomic E-state index is 12.8. The van der Waals surface area contributed by atoms with Crippen LogP contribution in [0.1, 0.15) is 34.0 Å². The average molecular weight is 395 g/mol. The van der Waals surface area contributed by atoms with Crippen LogP contribution in [0.25, 0.3) is 0 Å². The zero-order valence-electron chi connectivity index (χ0n) is 16.1. The average Bonchev–Trinajstić information content (AvgIpc) is 3.06. The normalized spacial score (nSPS) is 13.6. The smallest absolute Gasteiger partial charge is 0.270 e. The number of methoxy groups -OCH3 is 1. The first-order valence-electron chi connectivity index (χ1n) is 9.07. The number of rotatable bonds is 7. The number of hydrogen-bond donors (Lipinski definition) is 2. The fourth-order valence-electron chi connectivity index (χ4n) is 3.15. The molecule has 2 N–H and O–H groups in total. The number of nitriles is 1. The molecule has 2 amide bonds. The van der Waals surface area contributed by atoms with Crippen LogP contribution in [0.4, 0.5) is 0 Å². The van der Waals surface area contributed by atoms with Crippen LogP contribution in [-0.4, -0.2) is 41.8 Å². The predicted octanol–water partition coefficient (Wildman–Crippen LogP) is 1.91. The van der Waals surface area contributed by atoms with Gasteiger partial charge in [-0.2, -0.15) is 5.26 Å². The highest BCUT2D eigenvalue weighted by Crippen LogP contribution is 2.28. The first-order valence-corrected chi connectivity index (χ1v) is 9.07. The molecule has 0 fully saturated rings. The van der Waals surface area contributed by atoms with Crippen molar-refractivity contribution < 1.29 is 24.2 Å². The van der Waals surface area contributed by atoms with Crippen LogP contribution in [0, 0.1) is 11.3 Å². The molecule has 8 nitrogen and oxygen atoms in total. The van der Waals surface area contributed by atoms with Crippen LogP contribution in [0.5, 0.6) is 11.5 Å². The van der Waals surface area contributed by atoms with Crippen LogP contribution < -0.4 is 10.1 Å². The molecule has 29 heavy (non-hydrogen) atoms. The van der Waals surface area contributed by atoms with Crippen molar-refractivity contribution in [2.75, 3.05) is 13.7 Å². The Labute approximate surface area is 168 Å². The number of hydrogen-bond acceptors (Lipinski definition) is 6. The van der Waals surface area contributed by atoms with E-state index in [1.54, 1.807) is 44.4 Å². The number of amides is 2. The number of carbonyl (C=O) groups is 2. The minimum atomic E-state index is -1.11. The van der Waals surface area contributed by atoms with Gasteiger partial charge in [0.05, 0.1) is 18.7 Å². The molecule has 0 saturated carbocycles. The quantitative estimate of drug-likeness (QED) is 0.741. The lowest BCUT2D eigenvalue weighted by Gasteiger charge is -2.26. The number of ether oxygens (including phenoxy) is 2. The van der Waals surface area contributed by atoms with Gasteiger partial charge in [0, 0.05) is 30.8 Å². The topological polar surface area (TPSA) is 112 Å². The van der Waals surface area contributed by atoms with Crippen molar-refractivity contribution in [2.45, 2.75) is 26.2 Å². The summed E-state index contributed by atoms with van der Waals surface area (Å²) in [6.45, 7) is 2.24. The summed E-state index contributed by atoms with van der Waals surface area (Å²) in [6.07, 6.45) is -1.11. The number of carbonyl (C=O) groups excluding carboxylic acids is 2. The van der Waals surface area contributed by atoms with Gasteiger partial charge in [-0.15, -0.1) is 0 Å². The van der Waals surface area contributed by atoms with Crippen molar-refractivity contribution in [3.05, 3.63) is 58.7 Å². The molecule has 0 spiro atoms. The van der Waals surface area contributed by atoms with E-state index in [4.69, 9.17) is 14.7 Å². The number of nitrogens with one attached hydrogen (secondary N) is 1. The maximum absolute atomic E-state index is 12.8. The van der Waals surface area contributed by atoms with Crippen LogP contribution >= 0.6 is 0 Å². The van der Waals surface area contributed by atoms with Crippen LogP contribution in [0.15, 0.2) is 36.4 Å². The van der Waals surface area contributed by atoms with Gasteiger partial charge >= 0.3 is 0 Å². The third-order valence-corrected chi connectivity index (χ3v) is 4.64. The molecule has 0 bridgehead atoms. The highest BCUT2D eigenvalue weighted by atomic mass is 16.5. The molecule has 1 aliphatic heterocycles. The van der Waals surface area contributed by atoms with Crippen molar-refractivity contribution in [3.63, 3.8) is 0 Å². The molecule has 1 aliphatic rings. The molecule has 2 aromatic rings. The van der Waals surface area contributed by atoms with Crippen LogP contribution in [-0.2, 0) is 22.6 Å². The van der Waals surface area contributed by atoms with E-state index in [1.165, 1.54) is 11.0 Å². The largest absolute Gasteiger partial charge is 0.508 e. The standard InChI is InChI=1S/C21H21N3O5/c1-3-29-21(19(26)23-11-14-5-4-13(10-22)8-18(14)25)24-12-15-9-16(28-2)6-7-17(15)20(24)27/h4-9,21,25H,3,11-12H2,1-2H3,(H,23,26). The molecule has 0 aliphatic carbocycles. The summed E-state index contributed by atoms with van der Waals surface area (Å²) < 4.78 is 10.8. The van der Waals surface area contributed by atoms with Crippen LogP contribution in [0.2, 0.25) is 0 Å². The Balaban J connectivity index is 1.73. The lowest BCUT2D eigenvalue weighted by Crippen LogP contribution is -2.48. The van der Waals surface area contributed by atoms with E-state index in [-0.39, 0.29) is 31.4 Å². The van der Waals surface area contributed by atoms with Gasteiger partial charge in [-0.05, 0) is 42.8 Å². The van der Waals surface area contributed by atoms with Gasteiger partial charge in [0.2, 0.25) is 6.23 Å². The molecule has 3 rings (SSSR count). The molecule has 0 radical (unpaired) electrons. The molecule has 1 unspecified atom stereocenters. The molecule has 1 atom stereocenters. The summed E-state index contributed by atoms with van der Waals surface area (Å²) in [5.41, 5.74) is 2.04. The first-order chi connectivity index (χ1) is 14.0. The monoisotopic (exact) mass is 395 g/mol. The van der Waals surface area contributed by atoms with E-state index in [1.807, 2.05) is 6.07 Å². The van der Waals surface area contributed by atoms with Crippen molar-refractivity contribution in [1.29, 1.82) is 5.26 Å². The second-order valence-electron chi connectivity index (χ2n) is 6.44. The summed E-state index contributed by atoms with van der Waals surface area (Å²) >= 11 is 0. The van der Waals surface area contributed by atoms with Crippen molar-refractivity contribution in [2.24, 2.45) is 0 Å². The van der Waals surface area contributed by atoms with Crippen molar-refractivity contribution in [3.8, 4) is 17.6 Å². The molecule has 8 heteroatoms. The fraction of sp³-hybridized carbons (Fsp3) is 0.286. The molecule has 0 aromatic heterocycles. The number of benzene rings is 2. The summed E-state index contributed by atoms with van der Waals surface area (Å²) in [7, 11) is 1.55. The molecule has 2 aromatic carbocycles. The highest BCUT2D eigenvalue weighted by Gasteiger charge is 2.37. The SMILES string of the molecule is CCOC(C(=O)NCc1ccc(C#N)cc1O)N1Cc2cc(OC)ccc2C1=O. The van der Waals surface area contributed by atoms with E-state index in [9.17, 15) is 14.7 Å². The number of fused-ring (bicyclic) bond motifs is 1. The minimum Gasteiger partial charge on any atom is -0.508 e. The summed E-state index contributed by atoms with van der Waals surface area (Å²) in [5.74, 6) is -0.248. The van der Waals surface area contributed by atoms with Gasteiger partial charge in [0.15, 0.2) is 0 Å². The Morgan fingerprint density at radius 2 is 2.14 bits per heavy atom. The second-order valence-corrected chi connectivity index (χ2v) is 6.44. The van der Waals surface area contributed by atoms with Crippen LogP contribution in [0.3, 0.4) is 0 Å². The highest BCUT2D eigenvalue weighted by molar-refractivity contribution is 6.01. The van der Waals surface area contributed by atoms with Gasteiger partial charge in [-0.3, -0.25) is 9.59 Å². The summed E-state index contributed by atoms with van der Waals surface area (Å²) in [6, 6.07) is 11.5. The maximum Gasteiger partial charge on any atom is 0.270 e. The summed E-state index contributed by atoms with van der Waals surface area (Å²) in [5, 5.41) is 21.5. The third kappa shape index (κ3) is 4.15. The zero-order chi connectivity index (χ0) is 21.0. The van der Waals surface area contributed by atoms with Crippen molar-refractivity contribution in [1.82, 2.24) is 10.2 Å². The molecule has 0 saturated heterocycles. The zero-order valence-corrected chi connectivity index (χ0v) is 16.1. The van der Waals surface area contributed by atoms with Gasteiger partial charge < -0.3 is 24.8 Å². The fourth-order valence-corrected chi connectivity index (χ4v) is 3.15. The first kappa shape index (κ1) is 20.2. The third-order valence-electron chi connectivity index (χ3n) is 4.64. The van der Waals surface area contributed by atoms with E-state index >= 15 is 0 Å². The Hall–Kier alpha value is -3.57. The Kier molecular flexibility index (Phi) is 6.00. The van der Waals surface area contributed by atoms with E-state index in [0.717, 1.165) is 5.56 Å². The van der Waals surface area contributed by atoms with E-state index in [0.29, 0.717) is 22.4 Å². The van der Waals surface area contributed by atoms with Gasteiger partial charge in [0.25, 0.3) is 11.8 Å². The Morgan fingerprint density at radius 3 is 2.79 bits per heavy atom. The second kappa shape index (κ2) is 8.63.